The molecule has 0 saturated carbocycles. The van der Waals surface area contributed by atoms with E-state index in [4.69, 9.17) is 11.6 Å². The first-order chi connectivity index (χ1) is 9.27. The van der Waals surface area contributed by atoms with E-state index in [1.54, 1.807) is 6.20 Å². The Hall–Kier alpha value is -1.38. The molecule has 1 N–H and O–H groups in total. The smallest absolute Gasteiger partial charge is 0.102 e. The summed E-state index contributed by atoms with van der Waals surface area (Å²) in [6.07, 6.45) is 7.75. The van der Waals surface area contributed by atoms with Gasteiger partial charge in [-0.25, -0.2) is 0 Å². The number of halogens is 1. The van der Waals surface area contributed by atoms with Crippen molar-refractivity contribution in [2.45, 2.75) is 31.8 Å². The van der Waals surface area contributed by atoms with E-state index in [0.717, 1.165) is 41.3 Å². The minimum absolute atomic E-state index is 0.560. The highest BCUT2D eigenvalue weighted by Crippen LogP contribution is 2.34. The topological polar surface area (TPSA) is 33.1 Å². The number of fused-ring (bicyclic) bond motifs is 1. The normalized spacial score (nSPS) is 17.3. The van der Waals surface area contributed by atoms with Crippen molar-refractivity contribution in [3.63, 3.8) is 0 Å². The first kappa shape index (κ1) is 12.6. The Morgan fingerprint density at radius 3 is 2.89 bits per heavy atom. The van der Waals surface area contributed by atoms with Crippen molar-refractivity contribution in [2.24, 2.45) is 0 Å². The average Bonchev–Trinajstić information content (AvgIpc) is 2.48. The maximum absolute atomic E-state index is 10.6. The van der Waals surface area contributed by atoms with E-state index < -0.39 is 6.10 Å². The van der Waals surface area contributed by atoms with Crippen LogP contribution in [0, 0.1) is 0 Å². The molecule has 1 aromatic carbocycles. The van der Waals surface area contributed by atoms with Crippen molar-refractivity contribution in [2.75, 3.05) is 0 Å². The Kier molecular flexibility index (Phi) is 3.54. The van der Waals surface area contributed by atoms with Crippen LogP contribution in [0.5, 0.6) is 0 Å². The molecule has 2 aromatic rings. The zero-order chi connectivity index (χ0) is 13.2. The fourth-order valence-corrected chi connectivity index (χ4v) is 2.91. The van der Waals surface area contributed by atoms with Gasteiger partial charge < -0.3 is 5.11 Å². The van der Waals surface area contributed by atoms with Crippen molar-refractivity contribution in [3.8, 4) is 0 Å². The number of hydrogen-bond acceptors (Lipinski definition) is 2. The first-order valence-corrected chi connectivity index (χ1v) is 7.05. The summed E-state index contributed by atoms with van der Waals surface area (Å²) in [6.45, 7) is 0. The number of aromatic nitrogens is 1. The Bertz CT molecular complexity index is 636. The second-order valence-corrected chi connectivity index (χ2v) is 5.37. The second-order valence-electron chi connectivity index (χ2n) is 4.96. The monoisotopic (exact) mass is 273 g/mol. The molecular weight excluding hydrogens is 258 g/mol. The molecule has 3 rings (SSSR count). The molecule has 1 aliphatic rings. The number of hydrogen-bond donors (Lipinski definition) is 1. The summed E-state index contributed by atoms with van der Waals surface area (Å²) >= 11 is 6.18. The Morgan fingerprint density at radius 2 is 2.11 bits per heavy atom. The highest BCUT2D eigenvalue weighted by atomic mass is 35.5. The van der Waals surface area contributed by atoms with Crippen LogP contribution in [0.15, 0.2) is 42.1 Å². The lowest BCUT2D eigenvalue weighted by Gasteiger charge is -2.20. The second kappa shape index (κ2) is 5.32. The standard InChI is InChI=1S/C16H16ClNO/c17-14-9-8-13(15-12(14)7-4-10-18-15)16(19)11-5-2-1-3-6-11/h4-5,7-10,16,19H,1-3,6H2. The molecule has 0 aliphatic heterocycles. The molecule has 0 radical (unpaired) electrons. The molecule has 0 amide bonds. The molecule has 3 heteroatoms. The minimum Gasteiger partial charge on any atom is -0.384 e. The highest BCUT2D eigenvalue weighted by molar-refractivity contribution is 6.35. The van der Waals surface area contributed by atoms with E-state index in [-0.39, 0.29) is 0 Å². The summed E-state index contributed by atoms with van der Waals surface area (Å²) in [4.78, 5) is 4.39. The highest BCUT2D eigenvalue weighted by Gasteiger charge is 2.18. The van der Waals surface area contributed by atoms with Gasteiger partial charge in [-0.15, -0.1) is 0 Å². The van der Waals surface area contributed by atoms with Gasteiger partial charge in [0.2, 0.25) is 0 Å². The number of aliphatic hydroxyl groups excluding tert-OH is 1. The molecule has 19 heavy (non-hydrogen) atoms. The van der Waals surface area contributed by atoms with Gasteiger partial charge >= 0.3 is 0 Å². The molecular formula is C16H16ClNO. The van der Waals surface area contributed by atoms with Gasteiger partial charge in [-0.3, -0.25) is 4.98 Å². The molecule has 0 bridgehead atoms. The van der Waals surface area contributed by atoms with E-state index >= 15 is 0 Å². The molecule has 1 heterocycles. The van der Waals surface area contributed by atoms with Crippen molar-refractivity contribution >= 4 is 22.5 Å². The van der Waals surface area contributed by atoms with Gasteiger partial charge in [0, 0.05) is 22.2 Å². The number of rotatable bonds is 2. The summed E-state index contributed by atoms with van der Waals surface area (Å²) in [5, 5.41) is 12.2. The zero-order valence-corrected chi connectivity index (χ0v) is 11.4. The van der Waals surface area contributed by atoms with Crippen LogP contribution in [0.4, 0.5) is 0 Å². The van der Waals surface area contributed by atoms with Crippen molar-refractivity contribution in [1.29, 1.82) is 0 Å². The van der Waals surface area contributed by atoms with Crippen LogP contribution in [0.3, 0.4) is 0 Å². The predicted octanol–water partition coefficient (Wildman–Crippen LogP) is 4.42. The summed E-state index contributed by atoms with van der Waals surface area (Å²) in [5.74, 6) is 0. The van der Waals surface area contributed by atoms with Gasteiger partial charge in [-0.1, -0.05) is 23.7 Å². The molecule has 1 aromatic heterocycles. The Labute approximate surface area is 117 Å². The van der Waals surface area contributed by atoms with Crippen LogP contribution in [0.2, 0.25) is 5.02 Å². The molecule has 0 spiro atoms. The van der Waals surface area contributed by atoms with Crippen LogP contribution in [-0.4, -0.2) is 10.1 Å². The maximum atomic E-state index is 10.6. The zero-order valence-electron chi connectivity index (χ0n) is 10.6. The van der Waals surface area contributed by atoms with Crippen LogP contribution in [0.1, 0.15) is 37.4 Å². The van der Waals surface area contributed by atoms with Gasteiger partial charge in [-0.2, -0.15) is 0 Å². The van der Waals surface area contributed by atoms with E-state index in [1.165, 1.54) is 6.42 Å². The van der Waals surface area contributed by atoms with Gasteiger partial charge in [0.1, 0.15) is 6.10 Å². The maximum Gasteiger partial charge on any atom is 0.102 e. The SMILES string of the molecule is OC(C1=CCCCC1)c1ccc(Cl)c2cccnc12. The molecule has 0 fully saturated rings. The number of nitrogens with zero attached hydrogens (tertiary/aromatic N) is 1. The molecule has 1 unspecified atom stereocenters. The Balaban J connectivity index is 2.10. The molecule has 2 nitrogen and oxygen atoms in total. The van der Waals surface area contributed by atoms with Crippen LogP contribution in [0.25, 0.3) is 10.9 Å². The summed E-state index contributed by atoms with van der Waals surface area (Å²) in [6, 6.07) is 7.53. The quantitative estimate of drug-likeness (QED) is 0.822. The Morgan fingerprint density at radius 1 is 1.21 bits per heavy atom. The molecule has 1 aliphatic carbocycles. The summed E-state index contributed by atoms with van der Waals surface area (Å²) < 4.78 is 0. The number of aliphatic hydroxyl groups is 1. The summed E-state index contributed by atoms with van der Waals surface area (Å²) in [7, 11) is 0. The van der Waals surface area contributed by atoms with E-state index in [1.807, 2.05) is 24.3 Å². The van der Waals surface area contributed by atoms with Gasteiger partial charge in [0.25, 0.3) is 0 Å². The lowest BCUT2D eigenvalue weighted by atomic mass is 9.91. The van der Waals surface area contributed by atoms with E-state index in [0.29, 0.717) is 5.02 Å². The summed E-state index contributed by atoms with van der Waals surface area (Å²) in [5.41, 5.74) is 2.77. The predicted molar refractivity (Wildman–Crippen MR) is 78.3 cm³/mol. The van der Waals surface area contributed by atoms with E-state index in [9.17, 15) is 5.11 Å². The lowest BCUT2D eigenvalue weighted by molar-refractivity contribution is 0.209. The number of benzene rings is 1. The van der Waals surface area contributed by atoms with Crippen molar-refractivity contribution in [3.05, 3.63) is 52.7 Å². The molecule has 0 saturated heterocycles. The van der Waals surface area contributed by atoms with Gasteiger partial charge in [0.05, 0.1) is 5.52 Å². The van der Waals surface area contributed by atoms with E-state index in [2.05, 4.69) is 11.1 Å². The fourth-order valence-electron chi connectivity index (χ4n) is 2.69. The van der Waals surface area contributed by atoms with Crippen molar-refractivity contribution in [1.82, 2.24) is 4.98 Å². The lowest BCUT2D eigenvalue weighted by Crippen LogP contribution is -2.06. The third kappa shape index (κ3) is 2.38. The van der Waals surface area contributed by atoms with Crippen molar-refractivity contribution < 1.29 is 5.11 Å². The van der Waals surface area contributed by atoms with Gasteiger partial charge in [0.15, 0.2) is 0 Å². The number of allylic oxidation sites excluding steroid dienone is 1. The van der Waals surface area contributed by atoms with Crippen LogP contribution < -0.4 is 0 Å². The van der Waals surface area contributed by atoms with Crippen LogP contribution >= 0.6 is 11.6 Å². The molecule has 98 valence electrons. The average molecular weight is 274 g/mol. The largest absolute Gasteiger partial charge is 0.384 e. The minimum atomic E-state index is -0.560. The fraction of sp³-hybridized carbons (Fsp3) is 0.312. The first-order valence-electron chi connectivity index (χ1n) is 6.67. The third-order valence-electron chi connectivity index (χ3n) is 3.72. The third-order valence-corrected chi connectivity index (χ3v) is 4.05. The molecule has 1 atom stereocenters. The number of pyridine rings is 1. The van der Waals surface area contributed by atoms with Gasteiger partial charge in [-0.05, 0) is 49.5 Å². The van der Waals surface area contributed by atoms with Crippen LogP contribution in [-0.2, 0) is 0 Å².